The lowest BCUT2D eigenvalue weighted by atomic mass is 10.2. The molecule has 1 fully saturated rings. The van der Waals surface area contributed by atoms with Crippen molar-refractivity contribution in [2.45, 2.75) is 16.7 Å². The van der Waals surface area contributed by atoms with E-state index in [-0.39, 0.29) is 31.2 Å². The molecule has 0 bridgehead atoms. The highest BCUT2D eigenvalue weighted by Gasteiger charge is 2.29. The Labute approximate surface area is 117 Å². The normalized spacial score (nSPS) is 18.1. The van der Waals surface area contributed by atoms with Crippen molar-refractivity contribution in [2.24, 2.45) is 0 Å². The van der Waals surface area contributed by atoms with Gasteiger partial charge in [0.25, 0.3) is 0 Å². The summed E-state index contributed by atoms with van der Waals surface area (Å²) in [7, 11) is -8.79. The second kappa shape index (κ2) is 5.40. The second-order valence-electron chi connectivity index (χ2n) is 4.38. The van der Waals surface area contributed by atoms with E-state index >= 15 is 0 Å². The van der Waals surface area contributed by atoms with Crippen molar-refractivity contribution in [3.63, 3.8) is 0 Å². The molecule has 9 heteroatoms. The predicted molar refractivity (Wildman–Crippen MR) is 69.1 cm³/mol. The maximum absolute atomic E-state index is 13.0. The van der Waals surface area contributed by atoms with E-state index in [4.69, 9.17) is 4.74 Å². The minimum absolute atomic E-state index is 0.189. The number of hydrogen-bond donors (Lipinski definition) is 0. The van der Waals surface area contributed by atoms with E-state index in [0.29, 0.717) is 5.56 Å². The third kappa shape index (κ3) is 3.00. The number of ether oxygens (including phenoxy) is 1. The molecule has 0 atom stereocenters. The van der Waals surface area contributed by atoms with Crippen molar-refractivity contribution >= 4 is 20.2 Å². The summed E-state index contributed by atoms with van der Waals surface area (Å²) >= 11 is 0. The minimum Gasteiger partial charge on any atom is -0.379 e. The number of aryl methyl sites for hydroxylation is 1. The third-order valence-corrected chi connectivity index (χ3v) is 5.89. The largest absolute Gasteiger partial charge is 0.379 e. The highest BCUT2D eigenvalue weighted by atomic mass is 32.3. The van der Waals surface area contributed by atoms with Gasteiger partial charge in [-0.2, -0.15) is 12.7 Å². The van der Waals surface area contributed by atoms with Crippen LogP contribution in [0.3, 0.4) is 0 Å². The minimum atomic E-state index is -4.94. The van der Waals surface area contributed by atoms with Gasteiger partial charge in [-0.25, -0.2) is 8.42 Å². The average Bonchev–Trinajstić information content (AvgIpc) is 2.38. The van der Waals surface area contributed by atoms with Gasteiger partial charge in [-0.05, 0) is 24.6 Å². The molecule has 1 heterocycles. The summed E-state index contributed by atoms with van der Waals surface area (Å²) < 4.78 is 66.0. The maximum atomic E-state index is 13.0. The molecule has 0 saturated carbocycles. The molecular formula is C11H14FNO5S2. The van der Waals surface area contributed by atoms with Gasteiger partial charge in [0.1, 0.15) is 0 Å². The standard InChI is InChI=1S/C11H14FNO5S2/c1-9-2-3-10(19(12,14)15)8-11(9)20(16,17)13-4-6-18-7-5-13/h2-3,8H,4-7H2,1H3. The first-order chi connectivity index (χ1) is 9.23. The summed E-state index contributed by atoms with van der Waals surface area (Å²) in [6.07, 6.45) is 0. The molecule has 112 valence electrons. The van der Waals surface area contributed by atoms with Crippen molar-refractivity contribution in [1.82, 2.24) is 4.31 Å². The molecule has 1 aliphatic rings. The molecule has 1 aromatic carbocycles. The summed E-state index contributed by atoms with van der Waals surface area (Å²) in [6, 6.07) is 3.18. The number of benzene rings is 1. The van der Waals surface area contributed by atoms with E-state index in [0.717, 1.165) is 12.1 Å². The number of sulfonamides is 1. The first-order valence-corrected chi connectivity index (χ1v) is 8.68. The van der Waals surface area contributed by atoms with E-state index < -0.39 is 25.1 Å². The zero-order valence-electron chi connectivity index (χ0n) is 10.7. The quantitative estimate of drug-likeness (QED) is 0.764. The lowest BCUT2D eigenvalue weighted by Crippen LogP contribution is -2.40. The fraction of sp³-hybridized carbons (Fsp3) is 0.455. The third-order valence-electron chi connectivity index (χ3n) is 3.03. The maximum Gasteiger partial charge on any atom is 0.332 e. The number of morpholine rings is 1. The molecule has 1 saturated heterocycles. The molecule has 0 aliphatic carbocycles. The molecule has 0 radical (unpaired) electrons. The molecule has 1 aliphatic heterocycles. The van der Waals surface area contributed by atoms with E-state index in [2.05, 4.69) is 0 Å². The van der Waals surface area contributed by atoms with Crippen LogP contribution in [0.15, 0.2) is 28.0 Å². The molecular weight excluding hydrogens is 309 g/mol. The Morgan fingerprint density at radius 2 is 1.75 bits per heavy atom. The lowest BCUT2D eigenvalue weighted by molar-refractivity contribution is 0.0730. The Morgan fingerprint density at radius 1 is 1.15 bits per heavy atom. The summed E-state index contributed by atoms with van der Waals surface area (Å²) in [5.41, 5.74) is 0.365. The number of nitrogens with zero attached hydrogens (tertiary/aromatic N) is 1. The highest BCUT2D eigenvalue weighted by Crippen LogP contribution is 2.24. The van der Waals surface area contributed by atoms with Gasteiger partial charge >= 0.3 is 10.2 Å². The van der Waals surface area contributed by atoms with Gasteiger partial charge in [0.05, 0.1) is 23.0 Å². The van der Waals surface area contributed by atoms with Gasteiger partial charge in [-0.15, -0.1) is 3.89 Å². The summed E-state index contributed by atoms with van der Waals surface area (Å²) in [5, 5.41) is 0. The molecule has 6 nitrogen and oxygen atoms in total. The van der Waals surface area contributed by atoms with Crippen molar-refractivity contribution in [3.05, 3.63) is 23.8 Å². The molecule has 1 aromatic rings. The number of rotatable bonds is 3. The van der Waals surface area contributed by atoms with E-state index in [1.54, 1.807) is 0 Å². The van der Waals surface area contributed by atoms with Crippen LogP contribution >= 0.6 is 0 Å². The van der Waals surface area contributed by atoms with Gasteiger partial charge in [0.15, 0.2) is 0 Å². The van der Waals surface area contributed by atoms with Crippen LogP contribution in [0.4, 0.5) is 3.89 Å². The van der Waals surface area contributed by atoms with Gasteiger partial charge < -0.3 is 4.74 Å². The number of halogens is 1. The van der Waals surface area contributed by atoms with Crippen LogP contribution in [0.2, 0.25) is 0 Å². The number of hydrogen-bond acceptors (Lipinski definition) is 5. The van der Waals surface area contributed by atoms with E-state index in [1.165, 1.54) is 17.3 Å². The second-order valence-corrected chi connectivity index (χ2v) is 7.64. The van der Waals surface area contributed by atoms with Crippen LogP contribution in [0, 0.1) is 6.92 Å². The Kier molecular flexibility index (Phi) is 4.14. The van der Waals surface area contributed by atoms with Gasteiger partial charge in [0, 0.05) is 13.1 Å². The fourth-order valence-electron chi connectivity index (χ4n) is 1.94. The zero-order chi connectivity index (χ0) is 15.0. The van der Waals surface area contributed by atoms with E-state index in [1.807, 2.05) is 0 Å². The zero-order valence-corrected chi connectivity index (χ0v) is 12.4. The van der Waals surface area contributed by atoms with Crippen LogP contribution in [0.5, 0.6) is 0 Å². The molecule has 0 amide bonds. The topological polar surface area (TPSA) is 80.8 Å². The Morgan fingerprint density at radius 3 is 2.30 bits per heavy atom. The highest BCUT2D eigenvalue weighted by molar-refractivity contribution is 7.89. The van der Waals surface area contributed by atoms with Crippen molar-refractivity contribution in [1.29, 1.82) is 0 Å². The smallest absolute Gasteiger partial charge is 0.332 e. The first-order valence-electron chi connectivity index (χ1n) is 5.86. The van der Waals surface area contributed by atoms with Crippen molar-refractivity contribution < 1.29 is 25.5 Å². The van der Waals surface area contributed by atoms with Crippen molar-refractivity contribution in [2.75, 3.05) is 26.3 Å². The van der Waals surface area contributed by atoms with Crippen LogP contribution in [-0.2, 0) is 25.0 Å². The van der Waals surface area contributed by atoms with Crippen LogP contribution in [0.25, 0.3) is 0 Å². The monoisotopic (exact) mass is 323 g/mol. The molecule has 0 N–H and O–H groups in total. The average molecular weight is 323 g/mol. The van der Waals surface area contributed by atoms with Gasteiger partial charge in [-0.3, -0.25) is 0 Å². The molecule has 0 aromatic heterocycles. The van der Waals surface area contributed by atoms with E-state index in [9.17, 15) is 20.7 Å². The van der Waals surface area contributed by atoms with Crippen LogP contribution < -0.4 is 0 Å². The molecule has 2 rings (SSSR count). The lowest BCUT2D eigenvalue weighted by Gasteiger charge is -2.26. The Balaban J connectivity index is 2.50. The summed E-state index contributed by atoms with van der Waals surface area (Å²) in [4.78, 5) is -0.854. The van der Waals surface area contributed by atoms with Gasteiger partial charge in [-0.1, -0.05) is 6.07 Å². The fourth-order valence-corrected chi connectivity index (χ4v) is 4.16. The van der Waals surface area contributed by atoms with Crippen LogP contribution in [-0.4, -0.2) is 47.4 Å². The van der Waals surface area contributed by atoms with Gasteiger partial charge in [0.2, 0.25) is 10.0 Å². The van der Waals surface area contributed by atoms with Crippen molar-refractivity contribution in [3.8, 4) is 0 Å². The summed E-state index contributed by atoms with van der Waals surface area (Å²) in [6.45, 7) is 2.46. The Bertz CT molecular complexity index is 708. The molecule has 0 unspecified atom stereocenters. The van der Waals surface area contributed by atoms with Crippen LogP contribution in [0.1, 0.15) is 5.56 Å². The Hall–Kier alpha value is -1.03. The first kappa shape index (κ1) is 15.4. The molecule has 0 spiro atoms. The predicted octanol–water partition coefficient (Wildman–Crippen LogP) is 0.674. The SMILES string of the molecule is Cc1ccc(S(=O)(=O)F)cc1S(=O)(=O)N1CCOCC1. The molecule has 20 heavy (non-hydrogen) atoms. The summed E-state index contributed by atoms with van der Waals surface area (Å²) in [5.74, 6) is 0.